The van der Waals surface area contributed by atoms with Crippen LogP contribution in [0.2, 0.25) is 0 Å². The summed E-state index contributed by atoms with van der Waals surface area (Å²) in [6, 6.07) is 6.92. The maximum atomic E-state index is 13.0. The fourth-order valence-corrected chi connectivity index (χ4v) is 6.51. The summed E-state index contributed by atoms with van der Waals surface area (Å²) in [5, 5.41) is 11.8. The third kappa shape index (κ3) is 2.36. The van der Waals surface area contributed by atoms with Crippen LogP contribution < -0.4 is 5.32 Å². The molecule has 0 spiro atoms. The molecule has 0 aliphatic heterocycles. The molecule has 140 valence electrons. The summed E-state index contributed by atoms with van der Waals surface area (Å²) in [6.45, 7) is 1.84. The van der Waals surface area contributed by atoms with Crippen LogP contribution in [-0.2, 0) is 9.59 Å². The lowest BCUT2D eigenvalue weighted by atomic mass is 9.81. The maximum absolute atomic E-state index is 13.0. The van der Waals surface area contributed by atoms with E-state index in [1.54, 1.807) is 18.2 Å². The number of allylic oxidation sites excluding steroid dienone is 2. The molecule has 4 nitrogen and oxygen atoms in total. The topological polar surface area (TPSA) is 66.4 Å². The van der Waals surface area contributed by atoms with Crippen molar-refractivity contribution in [3.8, 4) is 0 Å². The predicted molar refractivity (Wildman–Crippen MR) is 105 cm³/mol. The SMILES string of the molecule is Cc1cccc(NC(=O)[C@@H]2[C@H](C(=O)O)[C@@]3(Cl)C(Cl)=C(Cl)[C@@]2(Cl)C3(Cl)Cl)c1. The van der Waals surface area contributed by atoms with Gasteiger partial charge in [0.05, 0.1) is 21.9 Å². The van der Waals surface area contributed by atoms with Crippen molar-refractivity contribution in [3.63, 3.8) is 0 Å². The maximum Gasteiger partial charge on any atom is 0.309 e. The Kier molecular flexibility index (Phi) is 4.96. The standard InChI is InChI=1S/C16H11Cl6NO3/c1-6-3-2-4-7(5-6)23-12(24)8-9(13(25)26)15(20)11(18)10(17)14(8,19)16(15,21)22/h2-5,8-9H,1H3,(H,23,24)(H,25,26)/t8-,9+,14+,15+/m0/s1. The third-order valence-electron chi connectivity index (χ3n) is 4.77. The van der Waals surface area contributed by atoms with Gasteiger partial charge in [-0.1, -0.05) is 58.5 Å². The normalized spacial score (nSPS) is 34.9. The van der Waals surface area contributed by atoms with Crippen LogP contribution in [0.15, 0.2) is 34.3 Å². The number of alkyl halides is 4. The number of fused-ring (bicyclic) bond motifs is 2. The fourth-order valence-electron chi connectivity index (χ4n) is 3.57. The molecular weight excluding hydrogens is 467 g/mol. The highest BCUT2D eigenvalue weighted by Gasteiger charge is 2.85. The second-order valence-corrected chi connectivity index (χ2v) is 9.55. The van der Waals surface area contributed by atoms with Crippen molar-refractivity contribution in [1.29, 1.82) is 0 Å². The van der Waals surface area contributed by atoms with E-state index >= 15 is 0 Å². The first-order chi connectivity index (χ1) is 11.9. The summed E-state index contributed by atoms with van der Waals surface area (Å²) >= 11 is 38.1. The molecule has 3 rings (SSSR count). The fraction of sp³-hybridized carbons (Fsp3) is 0.375. The average Bonchev–Trinajstić information content (AvgIpc) is 2.74. The van der Waals surface area contributed by atoms with Crippen molar-refractivity contribution in [2.45, 2.75) is 21.0 Å². The molecule has 2 aliphatic carbocycles. The number of hydrogen-bond donors (Lipinski definition) is 2. The Bertz CT molecular complexity index is 856. The van der Waals surface area contributed by atoms with Crippen molar-refractivity contribution in [2.24, 2.45) is 11.8 Å². The molecule has 1 fully saturated rings. The van der Waals surface area contributed by atoms with Gasteiger partial charge in [-0.2, -0.15) is 0 Å². The Balaban J connectivity index is 2.11. The minimum absolute atomic E-state index is 0.234. The second kappa shape index (κ2) is 6.33. The number of carboxylic acids is 1. The van der Waals surface area contributed by atoms with E-state index < -0.39 is 37.8 Å². The van der Waals surface area contributed by atoms with Gasteiger partial charge in [-0.25, -0.2) is 0 Å². The van der Waals surface area contributed by atoms with Crippen LogP contribution in [0.25, 0.3) is 0 Å². The lowest BCUT2D eigenvalue weighted by molar-refractivity contribution is -0.146. The molecule has 0 radical (unpaired) electrons. The molecule has 4 atom stereocenters. The van der Waals surface area contributed by atoms with Crippen molar-refractivity contribution < 1.29 is 14.7 Å². The van der Waals surface area contributed by atoms with Gasteiger partial charge >= 0.3 is 5.97 Å². The highest BCUT2D eigenvalue weighted by molar-refractivity contribution is 6.66. The Hall–Kier alpha value is -0.360. The van der Waals surface area contributed by atoms with E-state index in [0.29, 0.717) is 5.69 Å². The quantitative estimate of drug-likeness (QED) is 0.595. The summed E-state index contributed by atoms with van der Waals surface area (Å²) < 4.78 is -2.12. The van der Waals surface area contributed by atoms with Crippen molar-refractivity contribution in [2.75, 3.05) is 5.32 Å². The molecular formula is C16H11Cl6NO3. The number of carboxylic acid groups (broad SMARTS) is 1. The van der Waals surface area contributed by atoms with Crippen LogP contribution in [0.5, 0.6) is 0 Å². The summed E-state index contributed by atoms with van der Waals surface area (Å²) in [5.41, 5.74) is 1.34. The number of rotatable bonds is 3. The summed E-state index contributed by atoms with van der Waals surface area (Å²) in [4.78, 5) is 20.9. The van der Waals surface area contributed by atoms with Crippen LogP contribution in [0, 0.1) is 18.8 Å². The van der Waals surface area contributed by atoms with Gasteiger partial charge in [0.25, 0.3) is 0 Å². The highest BCUT2D eigenvalue weighted by Crippen LogP contribution is 2.76. The number of nitrogens with one attached hydrogen (secondary N) is 1. The zero-order valence-electron chi connectivity index (χ0n) is 13.0. The molecule has 1 aromatic rings. The van der Waals surface area contributed by atoms with Gasteiger partial charge in [0.2, 0.25) is 5.91 Å². The molecule has 0 heterocycles. The number of benzene rings is 1. The lowest BCUT2D eigenvalue weighted by Crippen LogP contribution is -2.47. The molecule has 2 N–H and O–H groups in total. The van der Waals surface area contributed by atoms with Crippen LogP contribution >= 0.6 is 69.6 Å². The monoisotopic (exact) mass is 475 g/mol. The van der Waals surface area contributed by atoms with E-state index in [4.69, 9.17) is 69.6 Å². The predicted octanol–water partition coefficient (Wildman–Crippen LogP) is 5.10. The van der Waals surface area contributed by atoms with Gasteiger partial charge in [-0.15, -0.1) is 23.2 Å². The molecule has 1 aromatic carbocycles. The minimum Gasteiger partial charge on any atom is -0.481 e. The first kappa shape index (κ1) is 20.4. The Morgan fingerprint density at radius 1 is 1.04 bits per heavy atom. The molecule has 1 saturated carbocycles. The molecule has 0 saturated heterocycles. The summed E-state index contributed by atoms with van der Waals surface area (Å²) in [7, 11) is 0. The van der Waals surface area contributed by atoms with E-state index in [1.807, 2.05) is 13.0 Å². The number of anilines is 1. The van der Waals surface area contributed by atoms with Crippen LogP contribution in [0.4, 0.5) is 5.69 Å². The second-order valence-electron chi connectivity index (χ2n) is 6.28. The van der Waals surface area contributed by atoms with Gasteiger partial charge in [0.1, 0.15) is 9.75 Å². The largest absolute Gasteiger partial charge is 0.481 e. The zero-order chi connectivity index (χ0) is 19.7. The van der Waals surface area contributed by atoms with Crippen LogP contribution in [-0.4, -0.2) is 31.1 Å². The van der Waals surface area contributed by atoms with Crippen molar-refractivity contribution in [3.05, 3.63) is 39.9 Å². The number of carbonyl (C=O) groups excluding carboxylic acids is 1. The van der Waals surface area contributed by atoms with Crippen molar-refractivity contribution >= 4 is 87.2 Å². The molecule has 10 heteroatoms. The van der Waals surface area contributed by atoms with E-state index in [0.717, 1.165) is 5.56 Å². The van der Waals surface area contributed by atoms with Crippen LogP contribution in [0.3, 0.4) is 0 Å². The van der Waals surface area contributed by atoms with E-state index in [9.17, 15) is 14.7 Å². The molecule has 0 aromatic heterocycles. The number of hydrogen-bond acceptors (Lipinski definition) is 2. The summed E-state index contributed by atoms with van der Waals surface area (Å²) in [5.74, 6) is -5.19. The van der Waals surface area contributed by atoms with E-state index in [2.05, 4.69) is 5.32 Å². The van der Waals surface area contributed by atoms with E-state index in [-0.39, 0.29) is 10.1 Å². The smallest absolute Gasteiger partial charge is 0.309 e. The van der Waals surface area contributed by atoms with Gasteiger partial charge in [-0.3, -0.25) is 9.59 Å². The van der Waals surface area contributed by atoms with Crippen LogP contribution in [0.1, 0.15) is 5.56 Å². The number of aryl methyl sites for hydroxylation is 1. The number of carbonyl (C=O) groups is 2. The zero-order valence-corrected chi connectivity index (χ0v) is 17.5. The van der Waals surface area contributed by atoms with Crippen molar-refractivity contribution in [1.82, 2.24) is 0 Å². The average molecular weight is 478 g/mol. The molecule has 2 aliphatic rings. The molecule has 1 amide bonds. The number of halogens is 6. The van der Waals surface area contributed by atoms with Gasteiger partial charge < -0.3 is 10.4 Å². The molecule has 2 bridgehead atoms. The van der Waals surface area contributed by atoms with Gasteiger partial charge in [0.15, 0.2) is 4.33 Å². The lowest BCUT2D eigenvalue weighted by Gasteiger charge is -2.33. The first-order valence-electron chi connectivity index (χ1n) is 7.33. The highest BCUT2D eigenvalue weighted by atomic mass is 35.5. The Morgan fingerprint density at radius 3 is 2.08 bits per heavy atom. The van der Waals surface area contributed by atoms with Gasteiger partial charge in [-0.05, 0) is 24.6 Å². The van der Waals surface area contributed by atoms with Gasteiger partial charge in [0, 0.05) is 5.69 Å². The number of amides is 1. The first-order valence-corrected chi connectivity index (χ1v) is 9.59. The Morgan fingerprint density at radius 2 is 1.58 bits per heavy atom. The van der Waals surface area contributed by atoms with E-state index in [1.165, 1.54) is 0 Å². The molecule has 0 unspecified atom stereocenters. The minimum atomic E-state index is -2.12. The number of aliphatic carboxylic acids is 1. The summed E-state index contributed by atoms with van der Waals surface area (Å²) in [6.07, 6.45) is 0. The molecule has 26 heavy (non-hydrogen) atoms. The Labute approximate surface area is 179 Å². The third-order valence-corrected chi connectivity index (χ3v) is 9.03.